The molecule has 10 heteroatoms. The Labute approximate surface area is 178 Å². The number of pyridine rings is 1. The van der Waals surface area contributed by atoms with E-state index in [0.29, 0.717) is 27.7 Å². The highest BCUT2D eigenvalue weighted by molar-refractivity contribution is 6.30. The number of amides is 1. The summed E-state index contributed by atoms with van der Waals surface area (Å²) in [5, 5.41) is 20.2. The van der Waals surface area contributed by atoms with Crippen LogP contribution in [0.1, 0.15) is 38.1 Å². The molecule has 0 aliphatic carbocycles. The zero-order valence-corrected chi connectivity index (χ0v) is 17.9. The van der Waals surface area contributed by atoms with Gasteiger partial charge in [-0.1, -0.05) is 11.6 Å². The summed E-state index contributed by atoms with van der Waals surface area (Å²) in [6, 6.07) is 3.44. The number of carbonyl (C=O) groups excluding carboxylic acids is 1. The molecular weight excluding hydrogens is 411 g/mol. The van der Waals surface area contributed by atoms with E-state index >= 15 is 0 Å². The lowest BCUT2D eigenvalue weighted by molar-refractivity contribution is -0.00177. The number of halogens is 2. The molecule has 0 aliphatic heterocycles. The molecule has 1 atom stereocenters. The zero-order valence-electron chi connectivity index (χ0n) is 17.1. The fourth-order valence-electron chi connectivity index (χ4n) is 2.76. The number of nitrogens with zero attached hydrogens (tertiary/aromatic N) is 4. The van der Waals surface area contributed by atoms with E-state index in [1.807, 2.05) is 13.8 Å². The summed E-state index contributed by atoms with van der Waals surface area (Å²) in [5.41, 5.74) is 1.01. The number of fused-ring (bicyclic) bond motifs is 1. The van der Waals surface area contributed by atoms with Crippen LogP contribution in [0.3, 0.4) is 0 Å². The number of carbonyl (C=O) groups is 1. The lowest BCUT2D eigenvalue weighted by atomic mass is 10.0. The number of aliphatic hydroxyl groups is 1. The predicted octanol–water partition coefficient (Wildman–Crippen LogP) is 3.10. The molecule has 0 aliphatic rings. The standard InChI is InChI=1S/C20H24ClFN6O2/c1-11(2)27-14-6-15(16-9-24-18-5-12(21)7-26-28(16)18)23-8-13(14)19(29)25-10-17(22)20(3,4)30/h5-9,11,17,30H,10H2,1-4H3,(H,23,27)(H,25,29)/t17-/m1/s1. The summed E-state index contributed by atoms with van der Waals surface area (Å²) in [6.45, 7) is 6.26. The highest BCUT2D eigenvalue weighted by atomic mass is 35.5. The Hall–Kier alpha value is -2.78. The second-order valence-corrected chi connectivity index (χ2v) is 8.27. The van der Waals surface area contributed by atoms with Crippen molar-refractivity contribution in [1.29, 1.82) is 0 Å². The Kier molecular flexibility index (Phi) is 6.23. The number of alkyl halides is 1. The maximum absolute atomic E-state index is 14.0. The molecule has 3 rings (SSSR count). The van der Waals surface area contributed by atoms with Gasteiger partial charge in [0.2, 0.25) is 0 Å². The van der Waals surface area contributed by atoms with Gasteiger partial charge in [0.15, 0.2) is 5.65 Å². The van der Waals surface area contributed by atoms with Crippen molar-refractivity contribution in [2.75, 3.05) is 11.9 Å². The van der Waals surface area contributed by atoms with Crippen molar-refractivity contribution in [3.8, 4) is 11.4 Å². The molecular formula is C20H24ClFN6O2. The van der Waals surface area contributed by atoms with Crippen molar-refractivity contribution >= 4 is 28.8 Å². The van der Waals surface area contributed by atoms with Gasteiger partial charge in [0.1, 0.15) is 11.9 Å². The van der Waals surface area contributed by atoms with Crippen molar-refractivity contribution < 1.29 is 14.3 Å². The molecule has 3 N–H and O–H groups in total. The smallest absolute Gasteiger partial charge is 0.255 e. The van der Waals surface area contributed by atoms with Crippen LogP contribution in [0.25, 0.3) is 17.0 Å². The van der Waals surface area contributed by atoms with Gasteiger partial charge in [-0.2, -0.15) is 5.10 Å². The number of hydrogen-bond donors (Lipinski definition) is 3. The van der Waals surface area contributed by atoms with Crippen LogP contribution in [-0.2, 0) is 0 Å². The first-order valence-electron chi connectivity index (χ1n) is 9.47. The molecule has 0 aromatic carbocycles. The lowest BCUT2D eigenvalue weighted by Crippen LogP contribution is -2.42. The number of hydrogen-bond acceptors (Lipinski definition) is 6. The molecule has 0 saturated heterocycles. The highest BCUT2D eigenvalue weighted by Crippen LogP contribution is 2.25. The summed E-state index contributed by atoms with van der Waals surface area (Å²) in [5.74, 6) is -0.493. The summed E-state index contributed by atoms with van der Waals surface area (Å²) in [6.07, 6.45) is 2.94. The Morgan fingerprint density at radius 1 is 1.27 bits per heavy atom. The quantitative estimate of drug-likeness (QED) is 0.527. The van der Waals surface area contributed by atoms with Gasteiger partial charge in [0, 0.05) is 18.3 Å². The predicted molar refractivity (Wildman–Crippen MR) is 114 cm³/mol. The van der Waals surface area contributed by atoms with Gasteiger partial charge < -0.3 is 15.7 Å². The molecule has 0 unspecified atom stereocenters. The molecule has 3 aromatic rings. The molecule has 8 nitrogen and oxygen atoms in total. The Morgan fingerprint density at radius 3 is 2.67 bits per heavy atom. The number of rotatable bonds is 7. The van der Waals surface area contributed by atoms with E-state index in [1.54, 1.807) is 22.8 Å². The molecule has 0 bridgehead atoms. The molecule has 3 aromatic heterocycles. The minimum absolute atomic E-state index is 0.0382. The Bertz CT molecular complexity index is 1060. The fraction of sp³-hybridized carbons (Fsp3) is 0.400. The number of anilines is 1. The SMILES string of the molecule is CC(C)Nc1cc(-c2cnc3cc(Cl)cnn23)ncc1C(=O)NC[C@@H](F)C(C)(C)O. The number of aromatic nitrogens is 4. The van der Waals surface area contributed by atoms with Gasteiger partial charge in [-0.15, -0.1) is 0 Å². The average molecular weight is 435 g/mol. The van der Waals surface area contributed by atoms with Gasteiger partial charge >= 0.3 is 0 Å². The minimum atomic E-state index is -1.61. The van der Waals surface area contributed by atoms with Crippen LogP contribution < -0.4 is 10.6 Å². The van der Waals surface area contributed by atoms with E-state index in [1.165, 1.54) is 26.2 Å². The second kappa shape index (κ2) is 8.53. The Morgan fingerprint density at radius 2 is 2.00 bits per heavy atom. The third-order valence-electron chi connectivity index (χ3n) is 4.39. The third-order valence-corrected chi connectivity index (χ3v) is 4.60. The lowest BCUT2D eigenvalue weighted by Gasteiger charge is -2.23. The van der Waals surface area contributed by atoms with Gasteiger partial charge in [-0.3, -0.25) is 9.78 Å². The Balaban J connectivity index is 1.92. The minimum Gasteiger partial charge on any atom is -0.387 e. The van der Waals surface area contributed by atoms with Crippen LogP contribution in [0.2, 0.25) is 5.02 Å². The number of imidazole rings is 1. The van der Waals surface area contributed by atoms with E-state index in [9.17, 15) is 14.3 Å². The number of nitrogens with one attached hydrogen (secondary N) is 2. The second-order valence-electron chi connectivity index (χ2n) is 7.83. The average Bonchev–Trinajstić information content (AvgIpc) is 3.07. The van der Waals surface area contributed by atoms with E-state index < -0.39 is 17.7 Å². The van der Waals surface area contributed by atoms with E-state index in [2.05, 4.69) is 25.7 Å². The van der Waals surface area contributed by atoms with E-state index in [4.69, 9.17) is 11.6 Å². The van der Waals surface area contributed by atoms with Gasteiger partial charge in [-0.05, 0) is 33.8 Å². The maximum Gasteiger partial charge on any atom is 0.255 e. The highest BCUT2D eigenvalue weighted by Gasteiger charge is 2.27. The molecule has 160 valence electrons. The van der Waals surface area contributed by atoms with Crippen LogP contribution in [0.4, 0.5) is 10.1 Å². The third kappa shape index (κ3) is 4.85. The first-order valence-corrected chi connectivity index (χ1v) is 9.85. The summed E-state index contributed by atoms with van der Waals surface area (Å²) >= 11 is 5.96. The maximum atomic E-state index is 14.0. The molecule has 0 radical (unpaired) electrons. The molecule has 30 heavy (non-hydrogen) atoms. The van der Waals surface area contributed by atoms with Gasteiger partial charge in [-0.25, -0.2) is 13.9 Å². The monoisotopic (exact) mass is 434 g/mol. The van der Waals surface area contributed by atoms with Crippen molar-refractivity contribution in [2.24, 2.45) is 0 Å². The molecule has 0 spiro atoms. The largest absolute Gasteiger partial charge is 0.387 e. The first kappa shape index (κ1) is 21.9. The van der Waals surface area contributed by atoms with Gasteiger partial charge in [0.25, 0.3) is 5.91 Å². The molecule has 0 saturated carbocycles. The van der Waals surface area contributed by atoms with Crippen LogP contribution in [0, 0.1) is 0 Å². The fourth-order valence-corrected chi connectivity index (χ4v) is 2.90. The molecule has 0 fully saturated rings. The van der Waals surface area contributed by atoms with Crippen molar-refractivity contribution in [2.45, 2.75) is 45.5 Å². The van der Waals surface area contributed by atoms with Crippen molar-refractivity contribution in [3.63, 3.8) is 0 Å². The molecule has 1 amide bonds. The van der Waals surface area contributed by atoms with E-state index in [-0.39, 0.29) is 18.2 Å². The van der Waals surface area contributed by atoms with Crippen LogP contribution >= 0.6 is 11.6 Å². The summed E-state index contributed by atoms with van der Waals surface area (Å²) in [7, 11) is 0. The molecule has 3 heterocycles. The van der Waals surface area contributed by atoms with Crippen LogP contribution in [-0.4, -0.2) is 55.0 Å². The van der Waals surface area contributed by atoms with Crippen LogP contribution in [0.15, 0.2) is 30.7 Å². The zero-order chi connectivity index (χ0) is 22.1. The topological polar surface area (TPSA) is 104 Å². The van der Waals surface area contributed by atoms with Crippen molar-refractivity contribution in [1.82, 2.24) is 24.9 Å². The van der Waals surface area contributed by atoms with Crippen LogP contribution in [0.5, 0.6) is 0 Å². The van der Waals surface area contributed by atoms with Crippen molar-refractivity contribution in [3.05, 3.63) is 41.3 Å². The first-order chi connectivity index (χ1) is 14.1. The summed E-state index contributed by atoms with van der Waals surface area (Å²) in [4.78, 5) is 21.3. The van der Waals surface area contributed by atoms with E-state index in [0.717, 1.165) is 0 Å². The normalized spacial score (nSPS) is 12.9. The van der Waals surface area contributed by atoms with Gasteiger partial charge in [0.05, 0.1) is 46.5 Å². The summed E-state index contributed by atoms with van der Waals surface area (Å²) < 4.78 is 15.6.